The molecule has 0 saturated carbocycles. The predicted octanol–water partition coefficient (Wildman–Crippen LogP) is 2.55. The van der Waals surface area contributed by atoms with Crippen molar-refractivity contribution >= 4 is 5.78 Å². The van der Waals surface area contributed by atoms with Crippen LogP contribution < -0.4 is 0 Å². The third kappa shape index (κ3) is 7.98. The first-order valence-corrected chi connectivity index (χ1v) is 6.06. The van der Waals surface area contributed by atoms with Gasteiger partial charge in [-0.15, -0.1) is 6.58 Å². The van der Waals surface area contributed by atoms with Crippen LogP contribution in [0.15, 0.2) is 36.5 Å². The predicted molar refractivity (Wildman–Crippen MR) is 74.3 cm³/mol. The van der Waals surface area contributed by atoms with E-state index < -0.39 is 11.2 Å². The summed E-state index contributed by atoms with van der Waals surface area (Å²) in [6.45, 7) is 10.2. The molecule has 0 amide bonds. The average molecular weight is 252 g/mol. The van der Waals surface area contributed by atoms with Gasteiger partial charge < -0.3 is 10.2 Å². The summed E-state index contributed by atoms with van der Waals surface area (Å²) in [5.74, 6) is -0.129. The normalized spacial score (nSPS) is 16.7. The standard InChI is InChI=1S/C15H24O3/c1-6-15(5,18)10-7-8-12(2)13(16)9-11-14(3,4)17/h6,8-9,11,17-18H,1,7,10H2,2-5H3/b11-9+,12-8+. The van der Waals surface area contributed by atoms with E-state index in [4.69, 9.17) is 0 Å². The Hall–Kier alpha value is -1.19. The van der Waals surface area contributed by atoms with Gasteiger partial charge in [-0.3, -0.25) is 4.79 Å². The average Bonchev–Trinajstić information content (AvgIpc) is 2.24. The van der Waals surface area contributed by atoms with Crippen molar-refractivity contribution in [3.05, 3.63) is 36.5 Å². The molecule has 3 nitrogen and oxygen atoms in total. The minimum Gasteiger partial charge on any atom is -0.386 e. The van der Waals surface area contributed by atoms with Crippen molar-refractivity contribution in [3.63, 3.8) is 0 Å². The van der Waals surface area contributed by atoms with Crippen LogP contribution in [0.25, 0.3) is 0 Å². The van der Waals surface area contributed by atoms with Gasteiger partial charge in [0, 0.05) is 0 Å². The van der Waals surface area contributed by atoms with E-state index in [9.17, 15) is 15.0 Å². The number of ketones is 1. The molecule has 1 unspecified atom stereocenters. The zero-order valence-corrected chi connectivity index (χ0v) is 11.7. The van der Waals surface area contributed by atoms with Crippen molar-refractivity contribution < 1.29 is 15.0 Å². The quantitative estimate of drug-likeness (QED) is 0.541. The zero-order chi connectivity index (χ0) is 14.4. The highest BCUT2D eigenvalue weighted by atomic mass is 16.3. The number of allylic oxidation sites excluding steroid dienone is 3. The zero-order valence-electron chi connectivity index (χ0n) is 11.7. The number of hydrogen-bond donors (Lipinski definition) is 2. The van der Waals surface area contributed by atoms with Crippen LogP contribution in [0.1, 0.15) is 40.5 Å². The van der Waals surface area contributed by atoms with E-state index in [2.05, 4.69) is 6.58 Å². The molecule has 0 aromatic rings. The Balaban J connectivity index is 4.39. The van der Waals surface area contributed by atoms with Crippen molar-refractivity contribution in [2.45, 2.75) is 51.7 Å². The molecule has 2 N–H and O–H groups in total. The maximum absolute atomic E-state index is 11.7. The maximum Gasteiger partial charge on any atom is 0.180 e. The fraction of sp³-hybridized carbons (Fsp3) is 0.533. The smallest absolute Gasteiger partial charge is 0.180 e. The Labute approximate surface area is 110 Å². The molecular formula is C15H24O3. The summed E-state index contributed by atoms with van der Waals surface area (Å²) in [5, 5.41) is 19.2. The van der Waals surface area contributed by atoms with E-state index in [0.29, 0.717) is 18.4 Å². The van der Waals surface area contributed by atoms with Crippen LogP contribution in [0.2, 0.25) is 0 Å². The molecule has 0 radical (unpaired) electrons. The molecule has 0 rings (SSSR count). The first-order chi connectivity index (χ1) is 8.07. The molecule has 0 aliphatic heterocycles. The lowest BCUT2D eigenvalue weighted by atomic mass is 9.99. The van der Waals surface area contributed by atoms with E-state index in [0.717, 1.165) is 0 Å². The lowest BCUT2D eigenvalue weighted by molar-refractivity contribution is -0.111. The van der Waals surface area contributed by atoms with Crippen LogP contribution in [-0.4, -0.2) is 27.2 Å². The highest BCUT2D eigenvalue weighted by Crippen LogP contribution is 2.14. The second kappa shape index (κ2) is 6.66. The maximum atomic E-state index is 11.7. The Morgan fingerprint density at radius 2 is 1.83 bits per heavy atom. The molecule has 0 saturated heterocycles. The molecule has 18 heavy (non-hydrogen) atoms. The van der Waals surface area contributed by atoms with Gasteiger partial charge in [0.05, 0.1) is 11.2 Å². The Bertz CT molecular complexity index is 354. The van der Waals surface area contributed by atoms with Crippen LogP contribution in [0, 0.1) is 0 Å². The van der Waals surface area contributed by atoms with Gasteiger partial charge >= 0.3 is 0 Å². The van der Waals surface area contributed by atoms with Gasteiger partial charge in [-0.25, -0.2) is 0 Å². The summed E-state index contributed by atoms with van der Waals surface area (Å²) in [6, 6.07) is 0. The summed E-state index contributed by atoms with van der Waals surface area (Å²) < 4.78 is 0. The molecular weight excluding hydrogens is 228 g/mol. The molecule has 0 fully saturated rings. The van der Waals surface area contributed by atoms with Crippen LogP contribution in [-0.2, 0) is 4.79 Å². The van der Waals surface area contributed by atoms with E-state index in [1.54, 1.807) is 33.8 Å². The minimum atomic E-state index is -0.984. The van der Waals surface area contributed by atoms with Crippen LogP contribution in [0.4, 0.5) is 0 Å². The second-order valence-corrected chi connectivity index (χ2v) is 5.34. The van der Waals surface area contributed by atoms with Gasteiger partial charge in [0.1, 0.15) is 0 Å². The first kappa shape index (κ1) is 16.8. The number of carbonyl (C=O) groups excluding carboxylic acids is 1. The van der Waals surface area contributed by atoms with Crippen molar-refractivity contribution in [2.75, 3.05) is 0 Å². The van der Waals surface area contributed by atoms with E-state index >= 15 is 0 Å². The Morgan fingerprint density at radius 1 is 1.28 bits per heavy atom. The summed E-state index contributed by atoms with van der Waals surface area (Å²) in [7, 11) is 0. The van der Waals surface area contributed by atoms with E-state index in [1.807, 2.05) is 0 Å². The molecule has 0 aliphatic carbocycles. The molecule has 0 spiro atoms. The fourth-order valence-electron chi connectivity index (χ4n) is 1.19. The van der Waals surface area contributed by atoms with Gasteiger partial charge in [-0.2, -0.15) is 0 Å². The molecule has 102 valence electrons. The lowest BCUT2D eigenvalue weighted by Gasteiger charge is -2.16. The highest BCUT2D eigenvalue weighted by Gasteiger charge is 2.14. The summed E-state index contributed by atoms with van der Waals surface area (Å²) in [5.41, 5.74) is -1.28. The number of hydrogen-bond acceptors (Lipinski definition) is 3. The number of carbonyl (C=O) groups is 1. The summed E-state index contributed by atoms with van der Waals surface area (Å²) in [6.07, 6.45) is 7.24. The lowest BCUT2D eigenvalue weighted by Crippen LogP contribution is -2.19. The summed E-state index contributed by atoms with van der Waals surface area (Å²) in [4.78, 5) is 11.7. The largest absolute Gasteiger partial charge is 0.386 e. The summed E-state index contributed by atoms with van der Waals surface area (Å²) >= 11 is 0. The molecule has 3 heteroatoms. The number of rotatable bonds is 7. The molecule has 0 aromatic carbocycles. The minimum absolute atomic E-state index is 0.129. The SMILES string of the molecule is C=CC(C)(O)CC/C=C(\C)C(=O)/C=C/C(C)(C)O. The Kier molecular flexibility index (Phi) is 6.22. The first-order valence-electron chi connectivity index (χ1n) is 6.06. The Morgan fingerprint density at radius 3 is 2.28 bits per heavy atom. The fourth-order valence-corrected chi connectivity index (χ4v) is 1.19. The molecule has 0 aromatic heterocycles. The molecule has 0 aliphatic rings. The van der Waals surface area contributed by atoms with Gasteiger partial charge in [-0.05, 0) is 58.3 Å². The van der Waals surface area contributed by atoms with Crippen LogP contribution in [0.3, 0.4) is 0 Å². The van der Waals surface area contributed by atoms with Crippen LogP contribution >= 0.6 is 0 Å². The van der Waals surface area contributed by atoms with E-state index in [-0.39, 0.29) is 5.78 Å². The molecule has 0 heterocycles. The monoisotopic (exact) mass is 252 g/mol. The third-order valence-electron chi connectivity index (χ3n) is 2.57. The van der Waals surface area contributed by atoms with Gasteiger partial charge in [0.25, 0.3) is 0 Å². The van der Waals surface area contributed by atoms with Gasteiger partial charge in [0.2, 0.25) is 0 Å². The van der Waals surface area contributed by atoms with Gasteiger partial charge in [-0.1, -0.05) is 12.2 Å². The van der Waals surface area contributed by atoms with Crippen molar-refractivity contribution in [1.29, 1.82) is 0 Å². The highest BCUT2D eigenvalue weighted by molar-refractivity contribution is 6.03. The van der Waals surface area contributed by atoms with Gasteiger partial charge in [0.15, 0.2) is 5.78 Å². The van der Waals surface area contributed by atoms with Crippen molar-refractivity contribution in [3.8, 4) is 0 Å². The van der Waals surface area contributed by atoms with Crippen molar-refractivity contribution in [2.24, 2.45) is 0 Å². The topological polar surface area (TPSA) is 57.5 Å². The van der Waals surface area contributed by atoms with Crippen molar-refractivity contribution in [1.82, 2.24) is 0 Å². The third-order valence-corrected chi connectivity index (χ3v) is 2.57. The second-order valence-electron chi connectivity index (χ2n) is 5.34. The van der Waals surface area contributed by atoms with E-state index in [1.165, 1.54) is 18.2 Å². The number of aliphatic hydroxyl groups is 2. The molecule has 0 bridgehead atoms. The van der Waals surface area contributed by atoms with Crippen LogP contribution in [0.5, 0.6) is 0 Å². The molecule has 1 atom stereocenters.